The Kier molecular flexibility index (Phi) is 8.79. The van der Waals surface area contributed by atoms with Crippen LogP contribution >= 0.6 is 0 Å². The van der Waals surface area contributed by atoms with Gasteiger partial charge in [-0.3, -0.25) is 14.5 Å². The number of carboxylic acids is 1. The third-order valence-electron chi connectivity index (χ3n) is 7.75. The summed E-state index contributed by atoms with van der Waals surface area (Å²) in [6.45, 7) is 0.963. The topological polar surface area (TPSA) is 108 Å². The van der Waals surface area contributed by atoms with Crippen LogP contribution in [0.2, 0.25) is 0 Å². The Labute approximate surface area is 240 Å². The SMILES string of the molecule is CN(Cc1ccccc1)CC(NC(=O)OCC1c2ccccc2-c2ccccc21)C(=O)N[C@H]1C=CC[C@H](C(=O)O)C1. The lowest BCUT2D eigenvalue weighted by molar-refractivity contribution is -0.142. The quantitative estimate of drug-likeness (QED) is 0.318. The monoisotopic (exact) mass is 553 g/mol. The molecule has 0 heterocycles. The zero-order valence-corrected chi connectivity index (χ0v) is 23.0. The largest absolute Gasteiger partial charge is 0.481 e. The van der Waals surface area contributed by atoms with Crippen molar-refractivity contribution in [1.82, 2.24) is 15.5 Å². The fourth-order valence-corrected chi connectivity index (χ4v) is 5.73. The van der Waals surface area contributed by atoms with E-state index in [9.17, 15) is 19.5 Å². The van der Waals surface area contributed by atoms with Gasteiger partial charge in [-0.1, -0.05) is 91.0 Å². The predicted octanol–water partition coefficient (Wildman–Crippen LogP) is 4.56. The van der Waals surface area contributed by atoms with Gasteiger partial charge < -0.3 is 20.5 Å². The summed E-state index contributed by atoms with van der Waals surface area (Å²) in [6.07, 6.45) is 3.65. The second-order valence-corrected chi connectivity index (χ2v) is 10.8. The maximum absolute atomic E-state index is 13.4. The summed E-state index contributed by atoms with van der Waals surface area (Å²) in [5, 5.41) is 15.1. The van der Waals surface area contributed by atoms with Crippen LogP contribution in [0.25, 0.3) is 11.1 Å². The van der Waals surface area contributed by atoms with Gasteiger partial charge in [0.25, 0.3) is 0 Å². The number of alkyl carbamates (subject to hydrolysis) is 1. The zero-order chi connectivity index (χ0) is 28.8. The molecule has 3 aromatic rings. The number of nitrogens with zero attached hydrogens (tertiary/aromatic N) is 1. The van der Waals surface area contributed by atoms with Gasteiger partial charge in [0.1, 0.15) is 12.6 Å². The maximum atomic E-state index is 13.4. The summed E-state index contributed by atoms with van der Waals surface area (Å²) < 4.78 is 5.72. The molecule has 3 N–H and O–H groups in total. The van der Waals surface area contributed by atoms with Gasteiger partial charge in [0.05, 0.1) is 5.92 Å². The molecule has 0 aliphatic heterocycles. The smallest absolute Gasteiger partial charge is 0.407 e. The number of fused-ring (bicyclic) bond motifs is 3. The third kappa shape index (κ3) is 6.84. The average molecular weight is 554 g/mol. The van der Waals surface area contributed by atoms with Crippen LogP contribution in [-0.2, 0) is 20.9 Å². The first kappa shape index (κ1) is 28.1. The van der Waals surface area contributed by atoms with Crippen LogP contribution < -0.4 is 10.6 Å². The molecule has 0 radical (unpaired) electrons. The van der Waals surface area contributed by atoms with Gasteiger partial charge in [0, 0.05) is 25.0 Å². The summed E-state index contributed by atoms with van der Waals surface area (Å²) >= 11 is 0. The number of aliphatic carboxylic acids is 1. The number of benzene rings is 3. The van der Waals surface area contributed by atoms with Gasteiger partial charge in [0.2, 0.25) is 5.91 Å². The number of carbonyl (C=O) groups is 3. The fourth-order valence-electron chi connectivity index (χ4n) is 5.73. The van der Waals surface area contributed by atoms with Gasteiger partial charge in [-0.2, -0.15) is 0 Å². The lowest BCUT2D eigenvalue weighted by Gasteiger charge is -2.28. The Morgan fingerprint density at radius 3 is 2.24 bits per heavy atom. The number of carbonyl (C=O) groups excluding carboxylic acids is 2. The van der Waals surface area contributed by atoms with E-state index in [0.717, 1.165) is 27.8 Å². The fraction of sp³-hybridized carbons (Fsp3) is 0.303. The first-order valence-corrected chi connectivity index (χ1v) is 13.9. The highest BCUT2D eigenvalue weighted by molar-refractivity contribution is 5.86. The Hall–Kier alpha value is -4.43. The molecule has 0 aromatic heterocycles. The maximum Gasteiger partial charge on any atom is 0.407 e. The highest BCUT2D eigenvalue weighted by atomic mass is 16.5. The van der Waals surface area contributed by atoms with Crippen molar-refractivity contribution in [2.45, 2.75) is 37.4 Å². The van der Waals surface area contributed by atoms with E-state index in [2.05, 4.69) is 34.9 Å². The van der Waals surface area contributed by atoms with E-state index in [1.54, 1.807) is 6.08 Å². The third-order valence-corrected chi connectivity index (χ3v) is 7.75. The lowest BCUT2D eigenvalue weighted by Crippen LogP contribution is -2.54. The highest BCUT2D eigenvalue weighted by Crippen LogP contribution is 2.44. The van der Waals surface area contributed by atoms with Crippen LogP contribution in [0.1, 0.15) is 35.4 Å². The Bertz CT molecular complexity index is 1380. The van der Waals surface area contributed by atoms with Gasteiger partial charge in [-0.25, -0.2) is 4.79 Å². The van der Waals surface area contributed by atoms with Crippen LogP contribution in [0.3, 0.4) is 0 Å². The number of ether oxygens (including phenoxy) is 1. The molecule has 3 atom stereocenters. The van der Waals surface area contributed by atoms with Gasteiger partial charge >= 0.3 is 12.1 Å². The standard InChI is InChI=1S/C33H35N3O5/c1-36(19-22-10-3-2-4-11-22)20-30(31(37)34-24-13-9-12-23(18-24)32(38)39)35-33(40)41-21-29-27-16-7-5-14-25(27)26-15-6-8-17-28(26)29/h2-11,13-17,23-24,29-30H,12,18-21H2,1H3,(H,34,37)(H,35,40)(H,38,39)/t23-,24-,30?/m0/s1. The molecule has 41 heavy (non-hydrogen) atoms. The van der Waals surface area contributed by atoms with Gasteiger partial charge in [0.15, 0.2) is 0 Å². The van der Waals surface area contributed by atoms with Crippen molar-refractivity contribution in [3.8, 4) is 11.1 Å². The van der Waals surface area contributed by atoms with Crippen molar-refractivity contribution in [3.05, 3.63) is 108 Å². The molecule has 0 saturated heterocycles. The normalized spacial score (nSPS) is 18.3. The van der Waals surface area contributed by atoms with Crippen LogP contribution in [0, 0.1) is 5.92 Å². The van der Waals surface area contributed by atoms with Crippen LogP contribution in [0.4, 0.5) is 4.79 Å². The van der Waals surface area contributed by atoms with Crippen molar-refractivity contribution in [1.29, 1.82) is 0 Å². The minimum absolute atomic E-state index is 0.0958. The summed E-state index contributed by atoms with van der Waals surface area (Å²) in [6, 6.07) is 24.8. The molecule has 5 rings (SSSR count). The van der Waals surface area contributed by atoms with E-state index >= 15 is 0 Å². The number of carboxylic acid groups (broad SMARTS) is 1. The number of amides is 2. The molecule has 0 bridgehead atoms. The second-order valence-electron chi connectivity index (χ2n) is 10.8. The molecule has 3 aromatic carbocycles. The summed E-state index contributed by atoms with van der Waals surface area (Å²) in [4.78, 5) is 39.9. The summed E-state index contributed by atoms with van der Waals surface area (Å²) in [5.74, 6) is -1.93. The van der Waals surface area contributed by atoms with Crippen LogP contribution in [0.15, 0.2) is 91.0 Å². The predicted molar refractivity (Wildman–Crippen MR) is 156 cm³/mol. The van der Waals surface area contributed by atoms with Gasteiger partial charge in [-0.15, -0.1) is 0 Å². The van der Waals surface area contributed by atoms with Crippen molar-refractivity contribution in [2.24, 2.45) is 5.92 Å². The number of rotatable bonds is 10. The molecule has 2 aliphatic rings. The van der Waals surface area contributed by atoms with E-state index in [4.69, 9.17) is 4.74 Å². The average Bonchev–Trinajstić information content (AvgIpc) is 3.30. The molecular formula is C33H35N3O5. The summed E-state index contributed by atoms with van der Waals surface area (Å²) in [7, 11) is 1.88. The summed E-state index contributed by atoms with van der Waals surface area (Å²) in [5.41, 5.74) is 5.56. The minimum atomic E-state index is -0.905. The van der Waals surface area contributed by atoms with E-state index in [1.807, 2.05) is 72.6 Å². The molecule has 1 unspecified atom stereocenters. The number of hydrogen-bond donors (Lipinski definition) is 3. The van der Waals surface area contributed by atoms with E-state index in [0.29, 0.717) is 19.4 Å². The van der Waals surface area contributed by atoms with Crippen molar-refractivity contribution < 1.29 is 24.2 Å². The number of nitrogens with one attached hydrogen (secondary N) is 2. The number of likely N-dealkylation sites (N-methyl/N-ethyl adjacent to an activating group) is 1. The molecule has 8 nitrogen and oxygen atoms in total. The molecule has 0 fully saturated rings. The first-order chi connectivity index (χ1) is 19.9. The van der Waals surface area contributed by atoms with E-state index in [-0.39, 0.29) is 25.0 Å². The van der Waals surface area contributed by atoms with Crippen LogP contribution in [0.5, 0.6) is 0 Å². The Morgan fingerprint density at radius 2 is 1.59 bits per heavy atom. The number of allylic oxidation sites excluding steroid dienone is 1. The van der Waals surface area contributed by atoms with E-state index in [1.165, 1.54) is 0 Å². The zero-order valence-electron chi connectivity index (χ0n) is 23.0. The first-order valence-electron chi connectivity index (χ1n) is 13.9. The van der Waals surface area contributed by atoms with Crippen molar-refractivity contribution in [3.63, 3.8) is 0 Å². The Balaban J connectivity index is 1.26. The van der Waals surface area contributed by atoms with Crippen molar-refractivity contribution in [2.75, 3.05) is 20.2 Å². The molecular weight excluding hydrogens is 518 g/mol. The van der Waals surface area contributed by atoms with E-state index < -0.39 is 30.1 Å². The molecule has 0 spiro atoms. The molecule has 2 amide bonds. The van der Waals surface area contributed by atoms with Crippen molar-refractivity contribution >= 4 is 18.0 Å². The Morgan fingerprint density at radius 1 is 0.951 bits per heavy atom. The molecule has 8 heteroatoms. The lowest BCUT2D eigenvalue weighted by atomic mass is 9.91. The minimum Gasteiger partial charge on any atom is -0.481 e. The highest BCUT2D eigenvalue weighted by Gasteiger charge is 2.31. The molecule has 2 aliphatic carbocycles. The number of hydrogen-bond acceptors (Lipinski definition) is 5. The van der Waals surface area contributed by atoms with Crippen LogP contribution in [-0.4, -0.2) is 60.3 Å². The van der Waals surface area contributed by atoms with Gasteiger partial charge in [-0.05, 0) is 47.7 Å². The molecule has 0 saturated carbocycles. The molecule has 212 valence electrons. The second kappa shape index (κ2) is 12.8.